The molecule has 8 nitrogen and oxygen atoms in total. The maximum Gasteiger partial charge on any atom is 0.375 e. The van der Waals surface area contributed by atoms with Gasteiger partial charge in [-0.15, -0.1) is 0 Å². The summed E-state index contributed by atoms with van der Waals surface area (Å²) in [6.45, 7) is 0. The van der Waals surface area contributed by atoms with E-state index >= 15 is 0 Å². The van der Waals surface area contributed by atoms with Gasteiger partial charge in [-0.05, 0) is 34.1 Å². The Labute approximate surface area is 177 Å². The number of hydrogen-bond acceptors (Lipinski definition) is 6. The van der Waals surface area contributed by atoms with Crippen molar-refractivity contribution in [1.82, 2.24) is 0 Å². The molecule has 3 rings (SSSR count). The van der Waals surface area contributed by atoms with E-state index in [1.807, 2.05) is 0 Å². The molecule has 0 radical (unpaired) electrons. The fraction of sp³-hybridized carbons (Fsp3) is 0.0526. The Morgan fingerprint density at radius 1 is 1.14 bits per heavy atom. The summed E-state index contributed by atoms with van der Waals surface area (Å²) in [7, 11) is 0. The molecule has 1 N–H and O–H groups in total. The number of nitro benzene ring substituents is 1. The van der Waals surface area contributed by atoms with Gasteiger partial charge in [0.1, 0.15) is 0 Å². The summed E-state index contributed by atoms with van der Waals surface area (Å²) in [5.74, 6) is -1.61. The number of ether oxygens (including phenoxy) is 1. The van der Waals surface area contributed by atoms with Crippen LogP contribution >= 0.6 is 27.5 Å². The van der Waals surface area contributed by atoms with Crippen LogP contribution in [0.1, 0.15) is 22.2 Å². The molecule has 1 aromatic heterocycles. The van der Waals surface area contributed by atoms with Crippen LogP contribution in [0.2, 0.25) is 5.02 Å². The van der Waals surface area contributed by atoms with Crippen LogP contribution in [-0.4, -0.2) is 16.8 Å². The molecule has 2 aromatic carbocycles. The maximum absolute atomic E-state index is 12.8. The monoisotopic (exact) mass is 478 g/mol. The molecule has 1 heterocycles. The van der Waals surface area contributed by atoms with Crippen molar-refractivity contribution in [3.63, 3.8) is 0 Å². The topological polar surface area (TPSA) is 112 Å². The average Bonchev–Trinajstić information content (AvgIpc) is 3.14. The standard InChI is InChI=1S/C19H12BrClN2O6/c20-16-9-8-15(28-16)19(25)29-17(11-4-2-1-3-5-11)18(24)22-14-7-6-12(23(26)27)10-13(14)21/h1-10,17H,(H,22,24). The van der Waals surface area contributed by atoms with Gasteiger partial charge in [-0.2, -0.15) is 0 Å². The van der Waals surface area contributed by atoms with Gasteiger partial charge in [-0.3, -0.25) is 14.9 Å². The van der Waals surface area contributed by atoms with Gasteiger partial charge in [0.05, 0.1) is 15.6 Å². The lowest BCUT2D eigenvalue weighted by atomic mass is 10.1. The van der Waals surface area contributed by atoms with Crippen LogP contribution in [0.4, 0.5) is 11.4 Å². The number of nitrogens with one attached hydrogen (secondary N) is 1. The fourth-order valence-corrected chi connectivity index (χ4v) is 2.94. The molecule has 1 atom stereocenters. The maximum atomic E-state index is 12.8. The third-order valence-electron chi connectivity index (χ3n) is 3.76. The van der Waals surface area contributed by atoms with Gasteiger partial charge < -0.3 is 14.5 Å². The second kappa shape index (κ2) is 8.89. The molecule has 0 aliphatic carbocycles. The van der Waals surface area contributed by atoms with Crippen LogP contribution in [0, 0.1) is 10.1 Å². The Bertz CT molecular complexity index is 1070. The second-order valence-corrected chi connectivity index (χ2v) is 6.90. The molecule has 1 amide bonds. The quantitative estimate of drug-likeness (QED) is 0.298. The molecule has 0 aliphatic heterocycles. The lowest BCUT2D eigenvalue weighted by Gasteiger charge is -2.18. The number of furan rings is 1. The fourth-order valence-electron chi connectivity index (χ4n) is 2.41. The van der Waals surface area contributed by atoms with Gasteiger partial charge in [0.25, 0.3) is 11.6 Å². The number of carbonyl (C=O) groups excluding carboxylic acids is 2. The van der Waals surface area contributed by atoms with E-state index in [4.69, 9.17) is 20.8 Å². The number of nitro groups is 1. The van der Waals surface area contributed by atoms with Crippen LogP contribution in [0.15, 0.2) is 69.8 Å². The molecule has 0 saturated carbocycles. The number of rotatable bonds is 6. The third kappa shape index (κ3) is 5.01. The van der Waals surface area contributed by atoms with E-state index in [2.05, 4.69) is 21.2 Å². The lowest BCUT2D eigenvalue weighted by Crippen LogP contribution is -2.26. The van der Waals surface area contributed by atoms with Crippen molar-refractivity contribution in [2.45, 2.75) is 6.10 Å². The summed E-state index contributed by atoms with van der Waals surface area (Å²) in [5.41, 5.74) is 0.337. The van der Waals surface area contributed by atoms with Crippen molar-refractivity contribution in [2.24, 2.45) is 0 Å². The Balaban J connectivity index is 1.85. The van der Waals surface area contributed by atoms with Crippen LogP contribution in [0.3, 0.4) is 0 Å². The zero-order valence-electron chi connectivity index (χ0n) is 14.5. The van der Waals surface area contributed by atoms with Gasteiger partial charge in [-0.25, -0.2) is 4.79 Å². The molecule has 29 heavy (non-hydrogen) atoms. The zero-order valence-corrected chi connectivity index (χ0v) is 16.8. The molecule has 148 valence electrons. The van der Waals surface area contributed by atoms with Crippen molar-refractivity contribution >= 4 is 50.8 Å². The first-order valence-electron chi connectivity index (χ1n) is 8.11. The number of benzene rings is 2. The summed E-state index contributed by atoms with van der Waals surface area (Å²) in [5, 5.41) is 13.3. The first kappa shape index (κ1) is 20.6. The Kier molecular flexibility index (Phi) is 6.30. The highest BCUT2D eigenvalue weighted by Gasteiger charge is 2.27. The summed E-state index contributed by atoms with van der Waals surface area (Å²) in [6, 6.07) is 14.9. The Morgan fingerprint density at radius 3 is 2.45 bits per heavy atom. The summed E-state index contributed by atoms with van der Waals surface area (Å²) < 4.78 is 10.9. The molecule has 1 unspecified atom stereocenters. The number of carbonyl (C=O) groups is 2. The number of nitrogens with zero attached hydrogens (tertiary/aromatic N) is 1. The minimum atomic E-state index is -1.31. The van der Waals surface area contributed by atoms with Crippen molar-refractivity contribution in [2.75, 3.05) is 5.32 Å². The first-order chi connectivity index (χ1) is 13.8. The predicted molar refractivity (Wildman–Crippen MR) is 108 cm³/mol. The highest BCUT2D eigenvalue weighted by Crippen LogP contribution is 2.29. The average molecular weight is 480 g/mol. The van der Waals surface area contributed by atoms with E-state index in [1.54, 1.807) is 30.3 Å². The molecule has 3 aromatic rings. The van der Waals surface area contributed by atoms with Crippen LogP contribution in [-0.2, 0) is 9.53 Å². The van der Waals surface area contributed by atoms with E-state index in [9.17, 15) is 19.7 Å². The molecule has 0 bridgehead atoms. The first-order valence-corrected chi connectivity index (χ1v) is 9.28. The SMILES string of the molecule is O=C(OC(C(=O)Nc1ccc([N+](=O)[O-])cc1Cl)c1ccccc1)c1ccc(Br)o1. The molecule has 0 saturated heterocycles. The second-order valence-electron chi connectivity index (χ2n) is 5.71. The van der Waals surface area contributed by atoms with Gasteiger partial charge in [0.15, 0.2) is 4.67 Å². The van der Waals surface area contributed by atoms with Crippen molar-refractivity contribution in [3.05, 3.63) is 91.8 Å². The van der Waals surface area contributed by atoms with Crippen LogP contribution in [0.25, 0.3) is 0 Å². The van der Waals surface area contributed by atoms with E-state index in [-0.39, 0.29) is 22.2 Å². The molecule has 0 aliphatic rings. The minimum absolute atomic E-state index is 0.0272. The Morgan fingerprint density at radius 2 is 1.86 bits per heavy atom. The van der Waals surface area contributed by atoms with Gasteiger partial charge in [0, 0.05) is 17.7 Å². The summed E-state index contributed by atoms with van der Waals surface area (Å²) >= 11 is 9.12. The van der Waals surface area contributed by atoms with E-state index in [0.717, 1.165) is 6.07 Å². The Hall–Kier alpha value is -3.17. The van der Waals surface area contributed by atoms with E-state index in [1.165, 1.54) is 24.3 Å². The summed E-state index contributed by atoms with van der Waals surface area (Å²) in [4.78, 5) is 35.4. The number of hydrogen-bond donors (Lipinski definition) is 1. The molecule has 10 heteroatoms. The number of halogens is 2. The van der Waals surface area contributed by atoms with Crippen LogP contribution in [0.5, 0.6) is 0 Å². The normalized spacial score (nSPS) is 11.5. The van der Waals surface area contributed by atoms with Gasteiger partial charge >= 0.3 is 5.97 Å². The third-order valence-corrected chi connectivity index (χ3v) is 4.50. The lowest BCUT2D eigenvalue weighted by molar-refractivity contribution is -0.384. The van der Waals surface area contributed by atoms with E-state index in [0.29, 0.717) is 10.2 Å². The van der Waals surface area contributed by atoms with Crippen molar-refractivity contribution in [3.8, 4) is 0 Å². The largest absolute Gasteiger partial charge is 0.442 e. The smallest absolute Gasteiger partial charge is 0.375 e. The molecular weight excluding hydrogens is 468 g/mol. The number of non-ortho nitro benzene ring substituents is 1. The van der Waals surface area contributed by atoms with Crippen molar-refractivity contribution in [1.29, 1.82) is 0 Å². The number of anilines is 1. The highest BCUT2D eigenvalue weighted by atomic mass is 79.9. The summed E-state index contributed by atoms with van der Waals surface area (Å²) in [6.07, 6.45) is -1.31. The van der Waals surface area contributed by atoms with Crippen molar-refractivity contribution < 1.29 is 23.7 Å². The van der Waals surface area contributed by atoms with E-state index < -0.39 is 22.9 Å². The number of esters is 1. The number of amides is 1. The van der Waals surface area contributed by atoms with Crippen LogP contribution < -0.4 is 5.32 Å². The minimum Gasteiger partial charge on any atom is -0.442 e. The zero-order chi connectivity index (χ0) is 21.0. The van der Waals surface area contributed by atoms with Gasteiger partial charge in [-0.1, -0.05) is 41.9 Å². The molecular formula is C19H12BrClN2O6. The molecule has 0 spiro atoms. The highest BCUT2D eigenvalue weighted by molar-refractivity contribution is 9.10. The van der Waals surface area contributed by atoms with Gasteiger partial charge in [0.2, 0.25) is 11.9 Å². The molecule has 0 fully saturated rings. The predicted octanol–water partition coefficient (Wildman–Crippen LogP) is 5.14.